The molecule has 1 aromatic carbocycles. The maximum absolute atomic E-state index is 12.5. The fourth-order valence-electron chi connectivity index (χ4n) is 2.26. The van der Waals surface area contributed by atoms with Crippen LogP contribution in [0.15, 0.2) is 30.6 Å². The third-order valence-corrected chi connectivity index (χ3v) is 3.79. The van der Waals surface area contributed by atoms with Crippen LogP contribution >= 0.6 is 24.0 Å². The molecular weight excluding hydrogens is 365 g/mol. The number of aromatic nitrogens is 2. The van der Waals surface area contributed by atoms with Crippen LogP contribution in [0, 0.1) is 0 Å². The van der Waals surface area contributed by atoms with Gasteiger partial charge in [-0.15, -0.1) is 12.4 Å². The van der Waals surface area contributed by atoms with Gasteiger partial charge in [0.05, 0.1) is 16.8 Å². The van der Waals surface area contributed by atoms with Crippen molar-refractivity contribution in [3.8, 4) is 0 Å². The van der Waals surface area contributed by atoms with Gasteiger partial charge in [-0.2, -0.15) is 5.10 Å². The van der Waals surface area contributed by atoms with E-state index in [1.807, 2.05) is 0 Å². The van der Waals surface area contributed by atoms with Crippen molar-refractivity contribution in [2.45, 2.75) is 6.04 Å². The molecule has 7 nitrogen and oxygen atoms in total. The molecule has 0 bridgehead atoms. The average molecular weight is 386 g/mol. The first-order chi connectivity index (χ1) is 11.3. The molecule has 0 saturated heterocycles. The number of carbonyl (C=O) groups is 2. The highest BCUT2D eigenvalue weighted by Gasteiger charge is 2.21. The number of anilines is 1. The van der Waals surface area contributed by atoms with Crippen LogP contribution in [-0.2, 0) is 11.8 Å². The number of benzene rings is 1. The van der Waals surface area contributed by atoms with Gasteiger partial charge in [0.15, 0.2) is 0 Å². The van der Waals surface area contributed by atoms with Crippen LogP contribution in [0.1, 0.15) is 22.0 Å². The lowest BCUT2D eigenvalue weighted by Crippen LogP contribution is -2.30. The highest BCUT2D eigenvalue weighted by atomic mass is 35.5. The van der Waals surface area contributed by atoms with Gasteiger partial charge in [-0.05, 0) is 25.2 Å². The van der Waals surface area contributed by atoms with Gasteiger partial charge in [0.25, 0.3) is 5.91 Å². The number of carbonyl (C=O) groups excluding carboxylic acids is 2. The minimum Gasteiger partial charge on any atom is -0.345 e. The summed E-state index contributed by atoms with van der Waals surface area (Å²) in [5.74, 6) is -0.436. The van der Waals surface area contributed by atoms with Crippen molar-refractivity contribution < 1.29 is 9.59 Å². The van der Waals surface area contributed by atoms with E-state index in [1.165, 1.54) is 4.90 Å². The lowest BCUT2D eigenvalue weighted by molar-refractivity contribution is -0.118. The Morgan fingerprint density at radius 3 is 2.48 bits per heavy atom. The second-order valence-electron chi connectivity index (χ2n) is 5.55. The molecule has 9 heteroatoms. The Hall–Kier alpha value is -2.09. The van der Waals surface area contributed by atoms with Crippen LogP contribution < -0.4 is 10.6 Å². The molecule has 2 rings (SSSR count). The third kappa shape index (κ3) is 4.94. The molecular formula is C16H21Cl2N5O2. The van der Waals surface area contributed by atoms with Gasteiger partial charge >= 0.3 is 0 Å². The zero-order valence-corrected chi connectivity index (χ0v) is 16.0. The van der Waals surface area contributed by atoms with Crippen LogP contribution in [0.2, 0.25) is 5.02 Å². The van der Waals surface area contributed by atoms with E-state index in [1.54, 1.807) is 63.5 Å². The largest absolute Gasteiger partial charge is 0.345 e. The van der Waals surface area contributed by atoms with Crippen LogP contribution in [0.3, 0.4) is 0 Å². The molecule has 2 aromatic rings. The Bertz CT molecular complexity index is 761. The molecule has 2 amide bonds. The standard InChI is InChI=1S/C16H20ClN5O2.ClH/c1-18-14(10-8-19-22(4)9-10)15(23)20-11-5-6-12(13(17)7-11)16(24)21(2)3;/h5-9,14,18H,1-4H3,(H,20,23);1H. The SMILES string of the molecule is CNC(C(=O)Nc1ccc(C(=O)N(C)C)c(Cl)c1)c1cnn(C)c1.Cl. The summed E-state index contributed by atoms with van der Waals surface area (Å²) in [4.78, 5) is 25.9. The maximum Gasteiger partial charge on any atom is 0.254 e. The number of likely N-dealkylation sites (N-methyl/N-ethyl adjacent to an activating group) is 1. The quantitative estimate of drug-likeness (QED) is 0.825. The second kappa shape index (κ2) is 8.84. The van der Waals surface area contributed by atoms with Gasteiger partial charge in [-0.25, -0.2) is 0 Å². The predicted octanol–water partition coefficient (Wildman–Crippen LogP) is 2.10. The van der Waals surface area contributed by atoms with Crippen molar-refractivity contribution in [1.82, 2.24) is 20.0 Å². The van der Waals surface area contributed by atoms with Crippen LogP contribution in [0.5, 0.6) is 0 Å². The maximum atomic E-state index is 12.5. The molecule has 1 atom stereocenters. The molecule has 136 valence electrons. The van der Waals surface area contributed by atoms with E-state index >= 15 is 0 Å². The van der Waals surface area contributed by atoms with E-state index in [-0.39, 0.29) is 29.2 Å². The molecule has 0 aliphatic rings. The van der Waals surface area contributed by atoms with Crippen LogP contribution in [-0.4, -0.2) is 47.6 Å². The van der Waals surface area contributed by atoms with Gasteiger partial charge < -0.3 is 15.5 Å². The highest BCUT2D eigenvalue weighted by Crippen LogP contribution is 2.23. The molecule has 0 radical (unpaired) electrons. The summed E-state index contributed by atoms with van der Waals surface area (Å²) in [5, 5.41) is 10.1. The molecule has 0 spiro atoms. The monoisotopic (exact) mass is 385 g/mol. The summed E-state index contributed by atoms with van der Waals surface area (Å²) in [5.41, 5.74) is 1.66. The Morgan fingerprint density at radius 1 is 1.32 bits per heavy atom. The van der Waals surface area contributed by atoms with Gasteiger partial charge in [0.1, 0.15) is 6.04 Å². The predicted molar refractivity (Wildman–Crippen MR) is 100 cm³/mol. The molecule has 1 heterocycles. The highest BCUT2D eigenvalue weighted by molar-refractivity contribution is 6.34. The minimum absolute atomic E-state index is 0. The van der Waals surface area contributed by atoms with E-state index in [4.69, 9.17) is 11.6 Å². The third-order valence-electron chi connectivity index (χ3n) is 3.48. The topological polar surface area (TPSA) is 79.3 Å². The lowest BCUT2D eigenvalue weighted by Gasteiger charge is -2.16. The van der Waals surface area contributed by atoms with Crippen LogP contribution in [0.25, 0.3) is 0 Å². The van der Waals surface area contributed by atoms with Crippen LogP contribution in [0.4, 0.5) is 5.69 Å². The summed E-state index contributed by atoms with van der Waals surface area (Å²) in [6.07, 6.45) is 3.40. The number of halogens is 2. The number of aryl methyl sites for hydroxylation is 1. The van der Waals surface area contributed by atoms with Crippen molar-refractivity contribution in [3.63, 3.8) is 0 Å². The second-order valence-corrected chi connectivity index (χ2v) is 5.96. The van der Waals surface area contributed by atoms with Crippen molar-refractivity contribution in [3.05, 3.63) is 46.7 Å². The Morgan fingerprint density at radius 2 is 2.00 bits per heavy atom. The van der Waals surface area contributed by atoms with Gasteiger partial charge in [0.2, 0.25) is 5.91 Å². The van der Waals surface area contributed by atoms with E-state index in [9.17, 15) is 9.59 Å². The number of rotatable bonds is 5. The normalized spacial score (nSPS) is 11.4. The van der Waals surface area contributed by atoms with Crippen molar-refractivity contribution >= 4 is 41.5 Å². The van der Waals surface area contributed by atoms with Crippen molar-refractivity contribution in [2.24, 2.45) is 7.05 Å². The van der Waals surface area contributed by atoms with Gasteiger partial charge in [-0.1, -0.05) is 11.6 Å². The van der Waals surface area contributed by atoms with Gasteiger partial charge in [0, 0.05) is 38.6 Å². The molecule has 25 heavy (non-hydrogen) atoms. The van der Waals surface area contributed by atoms with Crippen molar-refractivity contribution in [1.29, 1.82) is 0 Å². The van der Waals surface area contributed by atoms with E-state index in [0.717, 1.165) is 5.56 Å². The molecule has 0 aliphatic carbocycles. The smallest absolute Gasteiger partial charge is 0.254 e. The summed E-state index contributed by atoms with van der Waals surface area (Å²) >= 11 is 6.16. The van der Waals surface area contributed by atoms with Gasteiger partial charge in [-0.3, -0.25) is 14.3 Å². The summed E-state index contributed by atoms with van der Waals surface area (Å²) in [6.45, 7) is 0. The number of amides is 2. The first kappa shape index (κ1) is 21.0. The fourth-order valence-corrected chi connectivity index (χ4v) is 2.52. The molecule has 0 saturated carbocycles. The summed E-state index contributed by atoms with van der Waals surface area (Å²) < 4.78 is 1.63. The zero-order valence-electron chi connectivity index (χ0n) is 14.4. The molecule has 0 fully saturated rings. The summed E-state index contributed by atoms with van der Waals surface area (Å²) in [7, 11) is 6.79. The number of hydrogen-bond acceptors (Lipinski definition) is 4. The molecule has 1 unspecified atom stereocenters. The fraction of sp³-hybridized carbons (Fsp3) is 0.312. The number of nitrogens with zero attached hydrogens (tertiary/aromatic N) is 3. The van der Waals surface area contributed by atoms with E-state index in [2.05, 4.69) is 15.7 Å². The minimum atomic E-state index is -0.541. The number of hydrogen-bond donors (Lipinski definition) is 2. The first-order valence-corrected chi connectivity index (χ1v) is 7.69. The van der Waals surface area contributed by atoms with E-state index < -0.39 is 6.04 Å². The Balaban J connectivity index is 0.00000312. The number of nitrogens with one attached hydrogen (secondary N) is 2. The lowest BCUT2D eigenvalue weighted by atomic mass is 10.1. The average Bonchev–Trinajstić information content (AvgIpc) is 2.93. The molecule has 2 N–H and O–H groups in total. The molecule has 1 aromatic heterocycles. The summed E-state index contributed by atoms with van der Waals surface area (Å²) in [6, 6.07) is 4.27. The van der Waals surface area contributed by atoms with E-state index in [0.29, 0.717) is 11.3 Å². The Labute approximate surface area is 157 Å². The Kier molecular flexibility index (Phi) is 7.41. The zero-order chi connectivity index (χ0) is 17.9. The van der Waals surface area contributed by atoms with Crippen molar-refractivity contribution in [2.75, 3.05) is 26.5 Å². The first-order valence-electron chi connectivity index (χ1n) is 7.31. The molecule has 0 aliphatic heterocycles.